The smallest absolute Gasteiger partial charge is 0.334 e. The maximum atomic E-state index is 10.9. The SMILES string of the molecule is O=C(O)C1CN(Cc2nnc(-c3ccc(Br)s3)o2)CCO1. The highest BCUT2D eigenvalue weighted by Gasteiger charge is 2.27. The molecule has 3 rings (SSSR count). The van der Waals surface area contributed by atoms with Gasteiger partial charge in [0.25, 0.3) is 5.89 Å². The number of nitrogens with zero attached hydrogens (tertiary/aromatic N) is 3. The summed E-state index contributed by atoms with van der Waals surface area (Å²) in [4.78, 5) is 13.8. The summed E-state index contributed by atoms with van der Waals surface area (Å²) in [5.74, 6) is -0.00124. The Balaban J connectivity index is 1.65. The fourth-order valence-corrected chi connectivity index (χ4v) is 3.34. The molecule has 1 N–H and O–H groups in total. The quantitative estimate of drug-likeness (QED) is 0.874. The van der Waals surface area contributed by atoms with Crippen molar-refractivity contribution in [2.45, 2.75) is 12.6 Å². The molecule has 3 heterocycles. The minimum absolute atomic E-state index is 0.317. The van der Waals surface area contributed by atoms with Crippen LogP contribution in [0.15, 0.2) is 20.3 Å². The lowest BCUT2D eigenvalue weighted by Crippen LogP contribution is -2.45. The predicted molar refractivity (Wildman–Crippen MR) is 78.0 cm³/mol. The zero-order valence-corrected chi connectivity index (χ0v) is 13.3. The van der Waals surface area contributed by atoms with Crippen molar-refractivity contribution >= 4 is 33.2 Å². The van der Waals surface area contributed by atoms with Gasteiger partial charge in [0.1, 0.15) is 0 Å². The van der Waals surface area contributed by atoms with Crippen LogP contribution in [0, 0.1) is 0 Å². The fraction of sp³-hybridized carbons (Fsp3) is 0.417. The Bertz CT molecular complexity index is 644. The topological polar surface area (TPSA) is 88.7 Å². The van der Waals surface area contributed by atoms with Gasteiger partial charge < -0.3 is 14.3 Å². The van der Waals surface area contributed by atoms with E-state index in [1.165, 1.54) is 11.3 Å². The predicted octanol–water partition coefficient (Wildman–Crippen LogP) is 1.85. The third-order valence-electron chi connectivity index (χ3n) is 3.04. The first kappa shape index (κ1) is 14.6. The van der Waals surface area contributed by atoms with E-state index in [2.05, 4.69) is 26.1 Å². The van der Waals surface area contributed by atoms with Crippen LogP contribution in [0.25, 0.3) is 10.8 Å². The van der Waals surface area contributed by atoms with E-state index in [4.69, 9.17) is 14.3 Å². The number of rotatable bonds is 4. The Morgan fingerprint density at radius 3 is 3.10 bits per heavy atom. The van der Waals surface area contributed by atoms with Crippen molar-refractivity contribution < 1.29 is 19.1 Å². The second-order valence-corrected chi connectivity index (χ2v) is 7.00. The van der Waals surface area contributed by atoms with E-state index >= 15 is 0 Å². The van der Waals surface area contributed by atoms with Crippen molar-refractivity contribution in [1.29, 1.82) is 0 Å². The van der Waals surface area contributed by atoms with Gasteiger partial charge in [0.05, 0.1) is 21.8 Å². The number of carboxylic acid groups (broad SMARTS) is 1. The molecular formula is C12H12BrN3O4S. The standard InChI is InChI=1S/C12H12BrN3O4S/c13-9-2-1-8(21-9)11-15-14-10(20-11)6-16-3-4-19-7(5-16)12(17)18/h1-2,7H,3-6H2,(H,17,18). The third-order valence-corrected chi connectivity index (χ3v) is 4.65. The van der Waals surface area contributed by atoms with E-state index in [9.17, 15) is 4.79 Å². The summed E-state index contributed by atoms with van der Waals surface area (Å²) >= 11 is 4.90. The average molecular weight is 374 g/mol. The first-order chi connectivity index (χ1) is 10.1. The second kappa shape index (κ2) is 6.22. The van der Waals surface area contributed by atoms with Gasteiger partial charge in [-0.1, -0.05) is 0 Å². The van der Waals surface area contributed by atoms with Crippen LogP contribution in [-0.2, 0) is 16.1 Å². The van der Waals surface area contributed by atoms with E-state index in [-0.39, 0.29) is 0 Å². The summed E-state index contributed by atoms with van der Waals surface area (Å²) in [5.41, 5.74) is 0. The Morgan fingerprint density at radius 2 is 2.38 bits per heavy atom. The molecule has 0 bridgehead atoms. The zero-order chi connectivity index (χ0) is 14.8. The normalized spacial score (nSPS) is 19.8. The number of ether oxygens (including phenoxy) is 1. The monoisotopic (exact) mass is 373 g/mol. The van der Waals surface area contributed by atoms with Crippen LogP contribution in [0.3, 0.4) is 0 Å². The summed E-state index contributed by atoms with van der Waals surface area (Å²) in [6, 6.07) is 3.82. The molecule has 0 aliphatic carbocycles. The van der Waals surface area contributed by atoms with Crippen molar-refractivity contribution in [3.05, 3.63) is 21.8 Å². The highest BCUT2D eigenvalue weighted by atomic mass is 79.9. The third kappa shape index (κ3) is 3.49. The number of thiophene rings is 1. The van der Waals surface area contributed by atoms with Gasteiger partial charge >= 0.3 is 5.97 Å². The van der Waals surface area contributed by atoms with Gasteiger partial charge in [0.2, 0.25) is 5.89 Å². The molecule has 0 saturated carbocycles. The maximum Gasteiger partial charge on any atom is 0.334 e. The Kier molecular flexibility index (Phi) is 4.34. The molecule has 1 saturated heterocycles. The van der Waals surface area contributed by atoms with Gasteiger partial charge in [-0.15, -0.1) is 21.5 Å². The number of halogens is 1. The summed E-state index contributed by atoms with van der Waals surface area (Å²) in [6.07, 6.45) is -0.797. The molecule has 0 radical (unpaired) electrons. The Hall–Kier alpha value is -1.29. The van der Waals surface area contributed by atoms with E-state index in [0.717, 1.165) is 8.66 Å². The molecular weight excluding hydrogens is 362 g/mol. The minimum Gasteiger partial charge on any atom is -0.479 e. The molecule has 2 aromatic heterocycles. The molecule has 1 fully saturated rings. The van der Waals surface area contributed by atoms with Gasteiger partial charge in [0, 0.05) is 13.1 Å². The lowest BCUT2D eigenvalue weighted by atomic mass is 10.3. The highest BCUT2D eigenvalue weighted by molar-refractivity contribution is 9.11. The summed E-state index contributed by atoms with van der Waals surface area (Å²) in [6.45, 7) is 1.77. The molecule has 7 nitrogen and oxygen atoms in total. The molecule has 1 aliphatic rings. The first-order valence-corrected chi connectivity index (χ1v) is 7.87. The van der Waals surface area contributed by atoms with Crippen LogP contribution in [0.2, 0.25) is 0 Å². The molecule has 0 amide bonds. The molecule has 9 heteroatoms. The second-order valence-electron chi connectivity index (χ2n) is 4.54. The Morgan fingerprint density at radius 1 is 1.52 bits per heavy atom. The number of carbonyl (C=O) groups is 1. The van der Waals surface area contributed by atoms with Gasteiger partial charge in [0.15, 0.2) is 6.10 Å². The minimum atomic E-state index is -0.950. The lowest BCUT2D eigenvalue weighted by Gasteiger charge is -2.29. The molecule has 2 aromatic rings. The average Bonchev–Trinajstić information content (AvgIpc) is 3.08. The zero-order valence-electron chi connectivity index (χ0n) is 10.9. The van der Waals surface area contributed by atoms with Crippen molar-refractivity contribution in [3.8, 4) is 10.8 Å². The number of aromatic nitrogens is 2. The highest BCUT2D eigenvalue weighted by Crippen LogP contribution is 2.30. The number of hydrogen-bond acceptors (Lipinski definition) is 7. The molecule has 1 unspecified atom stereocenters. The van der Waals surface area contributed by atoms with Crippen molar-refractivity contribution in [2.75, 3.05) is 19.7 Å². The van der Waals surface area contributed by atoms with Gasteiger partial charge in [-0.3, -0.25) is 4.90 Å². The molecule has 0 spiro atoms. The van der Waals surface area contributed by atoms with Crippen LogP contribution in [-0.4, -0.2) is 52.0 Å². The molecule has 1 atom stereocenters. The van der Waals surface area contributed by atoms with Crippen LogP contribution in [0.5, 0.6) is 0 Å². The maximum absolute atomic E-state index is 10.9. The van der Waals surface area contributed by atoms with E-state index in [0.29, 0.717) is 38.0 Å². The summed E-state index contributed by atoms with van der Waals surface area (Å²) in [5, 5.41) is 17.0. The van der Waals surface area contributed by atoms with Crippen LogP contribution >= 0.6 is 27.3 Å². The van der Waals surface area contributed by atoms with Gasteiger partial charge in [-0.2, -0.15) is 0 Å². The largest absolute Gasteiger partial charge is 0.479 e. The van der Waals surface area contributed by atoms with Crippen molar-refractivity contribution in [2.24, 2.45) is 0 Å². The van der Waals surface area contributed by atoms with Gasteiger partial charge in [-0.25, -0.2) is 4.79 Å². The Labute approximate surface area is 132 Å². The molecule has 112 valence electrons. The summed E-state index contributed by atoms with van der Waals surface area (Å²) < 4.78 is 11.8. The van der Waals surface area contributed by atoms with Crippen LogP contribution in [0.1, 0.15) is 5.89 Å². The van der Waals surface area contributed by atoms with Crippen LogP contribution in [0.4, 0.5) is 0 Å². The molecule has 0 aromatic carbocycles. The van der Waals surface area contributed by atoms with E-state index < -0.39 is 12.1 Å². The van der Waals surface area contributed by atoms with Crippen molar-refractivity contribution in [3.63, 3.8) is 0 Å². The number of aliphatic carboxylic acids is 1. The van der Waals surface area contributed by atoms with Gasteiger partial charge in [-0.05, 0) is 28.1 Å². The van der Waals surface area contributed by atoms with Crippen LogP contribution < -0.4 is 0 Å². The van der Waals surface area contributed by atoms with E-state index in [1.54, 1.807) is 0 Å². The fourth-order valence-electron chi connectivity index (χ4n) is 2.03. The molecule has 1 aliphatic heterocycles. The lowest BCUT2D eigenvalue weighted by molar-refractivity contribution is -0.156. The summed E-state index contributed by atoms with van der Waals surface area (Å²) in [7, 11) is 0. The number of hydrogen-bond donors (Lipinski definition) is 1. The van der Waals surface area contributed by atoms with Crippen molar-refractivity contribution in [1.82, 2.24) is 15.1 Å². The van der Waals surface area contributed by atoms with E-state index in [1.807, 2.05) is 17.0 Å². The molecule has 21 heavy (non-hydrogen) atoms. The first-order valence-electron chi connectivity index (χ1n) is 6.26. The number of carboxylic acids is 1. The number of morpholine rings is 1.